The van der Waals surface area contributed by atoms with Crippen molar-refractivity contribution in [3.05, 3.63) is 48.0 Å². The van der Waals surface area contributed by atoms with Gasteiger partial charge in [0.15, 0.2) is 0 Å². The first-order valence-corrected chi connectivity index (χ1v) is 6.31. The molecular weight excluding hydrogens is 273 g/mol. The zero-order valence-corrected chi connectivity index (χ0v) is 11.4. The van der Waals surface area contributed by atoms with Crippen LogP contribution in [0, 0.1) is 17.7 Å². The molecule has 0 radical (unpaired) electrons. The van der Waals surface area contributed by atoms with Crippen molar-refractivity contribution >= 4 is 11.6 Å². The Hall–Kier alpha value is -2.65. The summed E-state index contributed by atoms with van der Waals surface area (Å²) in [6, 6.07) is 5.33. The topological polar surface area (TPSA) is 67.2 Å². The van der Waals surface area contributed by atoms with Crippen molar-refractivity contribution in [2.24, 2.45) is 0 Å². The van der Waals surface area contributed by atoms with Crippen LogP contribution in [0.1, 0.15) is 18.5 Å². The Labute approximate surface area is 121 Å². The fraction of sp³-hybridized carbons (Fsp3) is 0.200. The zero-order valence-electron chi connectivity index (χ0n) is 11.4. The van der Waals surface area contributed by atoms with Gasteiger partial charge < -0.3 is 10.4 Å². The summed E-state index contributed by atoms with van der Waals surface area (Å²) in [5.41, 5.74) is 0.552. The molecule has 1 aromatic heterocycles. The van der Waals surface area contributed by atoms with Crippen LogP contribution in [0.3, 0.4) is 0 Å². The SMILES string of the molecule is CC(C(=O)Nc1ccc(F)c(C#CCO)c1)n1cccn1. The van der Waals surface area contributed by atoms with E-state index in [1.165, 1.54) is 22.9 Å². The molecule has 0 aliphatic rings. The lowest BCUT2D eigenvalue weighted by Gasteiger charge is -2.13. The summed E-state index contributed by atoms with van der Waals surface area (Å²) >= 11 is 0. The maximum absolute atomic E-state index is 13.5. The second-order valence-electron chi connectivity index (χ2n) is 4.31. The van der Waals surface area contributed by atoms with E-state index in [4.69, 9.17) is 5.11 Å². The maximum atomic E-state index is 13.5. The Kier molecular flexibility index (Phi) is 4.69. The lowest BCUT2D eigenvalue weighted by molar-refractivity contribution is -0.119. The highest BCUT2D eigenvalue weighted by atomic mass is 19.1. The lowest BCUT2D eigenvalue weighted by Crippen LogP contribution is -2.24. The smallest absolute Gasteiger partial charge is 0.248 e. The highest BCUT2D eigenvalue weighted by Gasteiger charge is 2.15. The number of aliphatic hydroxyl groups excluding tert-OH is 1. The van der Waals surface area contributed by atoms with Crippen LogP contribution in [0.25, 0.3) is 0 Å². The molecule has 108 valence electrons. The predicted octanol–water partition coefficient (Wildman–Crippen LogP) is 1.57. The number of hydrogen-bond donors (Lipinski definition) is 2. The van der Waals surface area contributed by atoms with E-state index in [1.54, 1.807) is 25.4 Å². The second-order valence-corrected chi connectivity index (χ2v) is 4.31. The number of halogens is 1. The minimum Gasteiger partial charge on any atom is -0.384 e. The van der Waals surface area contributed by atoms with Gasteiger partial charge in [0.05, 0.1) is 5.56 Å². The van der Waals surface area contributed by atoms with Crippen LogP contribution in [0.5, 0.6) is 0 Å². The average molecular weight is 287 g/mol. The predicted molar refractivity (Wildman–Crippen MR) is 75.9 cm³/mol. The normalized spacial score (nSPS) is 11.4. The molecule has 1 unspecified atom stereocenters. The van der Waals surface area contributed by atoms with Gasteiger partial charge in [-0.1, -0.05) is 11.8 Å². The van der Waals surface area contributed by atoms with Crippen LogP contribution in [-0.2, 0) is 4.79 Å². The molecule has 0 fully saturated rings. The Bertz CT molecular complexity index is 687. The van der Waals surface area contributed by atoms with Crippen molar-refractivity contribution in [3.63, 3.8) is 0 Å². The Morgan fingerprint density at radius 1 is 1.57 bits per heavy atom. The first kappa shape index (κ1) is 14.8. The third-order valence-corrected chi connectivity index (χ3v) is 2.84. The number of rotatable bonds is 3. The highest BCUT2D eigenvalue weighted by Crippen LogP contribution is 2.16. The standard InChI is InChI=1S/C15H14FN3O2/c1-11(19-8-3-7-17-19)15(21)18-13-5-6-14(16)12(10-13)4-2-9-20/h3,5-8,10-11,20H,9H2,1H3,(H,18,21). The molecule has 1 heterocycles. The molecule has 0 aliphatic heterocycles. The minimum absolute atomic E-state index is 0.119. The van der Waals surface area contributed by atoms with Crippen molar-refractivity contribution < 1.29 is 14.3 Å². The van der Waals surface area contributed by atoms with Crippen LogP contribution >= 0.6 is 0 Å². The van der Waals surface area contributed by atoms with Crippen molar-refractivity contribution in [1.82, 2.24) is 9.78 Å². The fourth-order valence-electron chi connectivity index (χ4n) is 1.71. The molecule has 1 atom stereocenters. The van der Waals surface area contributed by atoms with Crippen LogP contribution < -0.4 is 5.32 Å². The lowest BCUT2D eigenvalue weighted by atomic mass is 10.2. The summed E-state index contributed by atoms with van der Waals surface area (Å²) in [6.45, 7) is 1.35. The van der Waals surface area contributed by atoms with E-state index >= 15 is 0 Å². The summed E-state index contributed by atoms with van der Waals surface area (Å²) in [7, 11) is 0. The quantitative estimate of drug-likeness (QED) is 0.842. The summed E-state index contributed by atoms with van der Waals surface area (Å²) < 4.78 is 15.0. The molecule has 21 heavy (non-hydrogen) atoms. The van der Waals surface area contributed by atoms with Gasteiger partial charge in [-0.2, -0.15) is 5.10 Å². The Morgan fingerprint density at radius 2 is 2.38 bits per heavy atom. The van der Waals surface area contributed by atoms with E-state index in [0.717, 1.165) is 0 Å². The van der Waals surface area contributed by atoms with Crippen molar-refractivity contribution in [2.45, 2.75) is 13.0 Å². The number of benzene rings is 1. The van der Waals surface area contributed by atoms with E-state index in [2.05, 4.69) is 22.3 Å². The molecule has 1 aromatic carbocycles. The number of carbonyl (C=O) groups excluding carboxylic acids is 1. The second kappa shape index (κ2) is 6.68. The molecule has 0 spiro atoms. The third kappa shape index (κ3) is 3.68. The maximum Gasteiger partial charge on any atom is 0.248 e. The van der Waals surface area contributed by atoms with Gasteiger partial charge in [-0.3, -0.25) is 9.48 Å². The van der Waals surface area contributed by atoms with E-state index in [9.17, 15) is 9.18 Å². The molecule has 2 N–H and O–H groups in total. The Balaban J connectivity index is 2.14. The van der Waals surface area contributed by atoms with Gasteiger partial charge in [0.2, 0.25) is 5.91 Å². The van der Waals surface area contributed by atoms with Gasteiger partial charge in [-0.25, -0.2) is 4.39 Å². The van der Waals surface area contributed by atoms with Gasteiger partial charge in [-0.15, -0.1) is 0 Å². The summed E-state index contributed by atoms with van der Waals surface area (Å²) in [6.07, 6.45) is 3.28. The summed E-state index contributed by atoms with van der Waals surface area (Å²) in [5.74, 6) is 4.08. The summed E-state index contributed by atoms with van der Waals surface area (Å²) in [5, 5.41) is 15.3. The molecular formula is C15H14FN3O2. The largest absolute Gasteiger partial charge is 0.384 e. The zero-order chi connectivity index (χ0) is 15.2. The van der Waals surface area contributed by atoms with Gasteiger partial charge in [0.1, 0.15) is 18.5 Å². The van der Waals surface area contributed by atoms with Gasteiger partial charge in [-0.05, 0) is 31.2 Å². The van der Waals surface area contributed by atoms with Crippen LogP contribution in [0.4, 0.5) is 10.1 Å². The van der Waals surface area contributed by atoms with Crippen molar-refractivity contribution in [2.75, 3.05) is 11.9 Å². The number of anilines is 1. The number of nitrogens with one attached hydrogen (secondary N) is 1. The molecule has 0 saturated heterocycles. The average Bonchev–Trinajstić information content (AvgIpc) is 3.01. The molecule has 6 heteroatoms. The van der Waals surface area contributed by atoms with Gasteiger partial charge >= 0.3 is 0 Å². The van der Waals surface area contributed by atoms with Gasteiger partial charge in [0, 0.05) is 18.1 Å². The molecule has 2 aromatic rings. The Morgan fingerprint density at radius 3 is 3.05 bits per heavy atom. The molecule has 0 aliphatic carbocycles. The minimum atomic E-state index is -0.505. The number of hydrogen-bond acceptors (Lipinski definition) is 3. The van der Waals surface area contributed by atoms with Gasteiger partial charge in [0.25, 0.3) is 0 Å². The summed E-state index contributed by atoms with van der Waals surface area (Å²) in [4.78, 5) is 12.1. The first-order chi connectivity index (χ1) is 10.1. The fourth-order valence-corrected chi connectivity index (χ4v) is 1.71. The van der Waals surface area contributed by atoms with E-state index in [-0.39, 0.29) is 18.1 Å². The van der Waals surface area contributed by atoms with Crippen LogP contribution in [0.15, 0.2) is 36.7 Å². The molecule has 2 rings (SSSR count). The van der Waals surface area contributed by atoms with E-state index in [0.29, 0.717) is 5.69 Å². The number of aromatic nitrogens is 2. The van der Waals surface area contributed by atoms with E-state index < -0.39 is 11.9 Å². The van der Waals surface area contributed by atoms with Crippen LogP contribution in [0.2, 0.25) is 0 Å². The third-order valence-electron chi connectivity index (χ3n) is 2.84. The highest BCUT2D eigenvalue weighted by molar-refractivity contribution is 5.93. The van der Waals surface area contributed by atoms with Crippen molar-refractivity contribution in [1.29, 1.82) is 0 Å². The van der Waals surface area contributed by atoms with E-state index in [1.807, 2.05) is 0 Å². The molecule has 1 amide bonds. The molecule has 5 nitrogen and oxygen atoms in total. The van der Waals surface area contributed by atoms with Crippen molar-refractivity contribution in [3.8, 4) is 11.8 Å². The molecule has 0 bridgehead atoms. The number of nitrogens with zero attached hydrogens (tertiary/aromatic N) is 2. The number of amides is 1. The molecule has 0 saturated carbocycles. The van der Waals surface area contributed by atoms with Crippen LogP contribution in [-0.4, -0.2) is 27.4 Å². The number of aliphatic hydroxyl groups is 1. The first-order valence-electron chi connectivity index (χ1n) is 6.31. The monoisotopic (exact) mass is 287 g/mol. The number of carbonyl (C=O) groups is 1.